The van der Waals surface area contributed by atoms with Crippen molar-refractivity contribution in [3.05, 3.63) is 156 Å². The number of pyridine rings is 2. The van der Waals surface area contributed by atoms with Crippen molar-refractivity contribution in [2.45, 2.75) is 89.1 Å². The number of likely N-dealkylation sites (tertiary alicyclic amines) is 2. The van der Waals surface area contributed by atoms with Crippen LogP contribution in [0.5, 0.6) is 34.5 Å². The van der Waals surface area contributed by atoms with Crippen LogP contribution in [0.2, 0.25) is 0 Å². The van der Waals surface area contributed by atoms with Crippen molar-refractivity contribution in [2.24, 2.45) is 11.8 Å². The number of aliphatic hydroxyl groups excluding tert-OH is 2. The van der Waals surface area contributed by atoms with E-state index in [1.54, 1.807) is 70.0 Å². The van der Waals surface area contributed by atoms with Crippen LogP contribution in [0, 0.1) is 11.8 Å². The monoisotopic (exact) mass is 1190 g/mol. The Bertz CT molecular complexity index is 3400. The van der Waals surface area contributed by atoms with Crippen LogP contribution in [0.15, 0.2) is 134 Å². The Balaban J connectivity index is 0.000000205. The number of imidazole rings is 2. The van der Waals surface area contributed by atoms with Crippen LogP contribution in [-0.4, -0.2) is 142 Å². The quantitative estimate of drug-likeness (QED) is 0.0468. The van der Waals surface area contributed by atoms with Gasteiger partial charge < -0.3 is 49.3 Å². The van der Waals surface area contributed by atoms with Gasteiger partial charge in [-0.2, -0.15) is 17.6 Å². The minimum absolute atomic E-state index is 0. The highest BCUT2D eigenvalue weighted by Gasteiger charge is 2.33. The molecule has 2 aliphatic carbocycles. The van der Waals surface area contributed by atoms with Gasteiger partial charge in [0.25, 0.3) is 11.8 Å². The number of nitrogens with zero attached hydrogens (tertiary/aromatic N) is 6. The van der Waals surface area contributed by atoms with Crippen LogP contribution in [0.25, 0.3) is 33.8 Å². The van der Waals surface area contributed by atoms with Crippen LogP contribution >= 0.6 is 0 Å². The molecule has 8 aromatic rings. The number of carbonyl (C=O) groups is 2. The molecule has 0 bridgehead atoms. The van der Waals surface area contributed by atoms with E-state index in [1.165, 1.54) is 37.5 Å². The van der Waals surface area contributed by atoms with Crippen molar-refractivity contribution in [3.63, 3.8) is 0 Å². The van der Waals surface area contributed by atoms with Crippen LogP contribution in [0.3, 0.4) is 0 Å². The Labute approximate surface area is 497 Å². The summed E-state index contributed by atoms with van der Waals surface area (Å²) in [6, 6.07) is 33.8. The van der Waals surface area contributed by atoms with E-state index in [0.29, 0.717) is 71.4 Å². The fourth-order valence-corrected chi connectivity index (χ4v) is 11.0. The highest BCUT2D eigenvalue weighted by Crippen LogP contribution is 2.40. The van der Waals surface area contributed by atoms with E-state index in [9.17, 15) is 37.4 Å². The molecule has 4 aromatic carbocycles. The molecule has 6 heterocycles. The molecule has 0 spiro atoms. The standard InChI is InChI=1S/2C32H34F2N4O5.2H2/c2*1-41-27-13-21(14-28(43-32(33)34)30(27)31(40)36-23-7-8-23)25-16-35-29-15-24(9-12-38(25)29)42-19-22-18-37(11-10-26(22)39)17-20-5-3-2-4-6-20;;/h2*2-6,9,12-16,22-23,26,32,39H,7-8,10-11,17-19H2,1H3,(H,36,40);2*1H/t2*22-,26+;;/m10../s1. The lowest BCUT2D eigenvalue weighted by Crippen LogP contribution is -2.45. The van der Waals surface area contributed by atoms with E-state index < -0.39 is 37.2 Å². The van der Waals surface area contributed by atoms with Gasteiger partial charge >= 0.3 is 13.2 Å². The van der Waals surface area contributed by atoms with Gasteiger partial charge in [0, 0.05) is 102 Å². The highest BCUT2D eigenvalue weighted by atomic mass is 19.3. The van der Waals surface area contributed by atoms with Gasteiger partial charge in [-0.3, -0.25) is 28.2 Å². The Kier molecular flexibility index (Phi) is 18.5. The van der Waals surface area contributed by atoms with Gasteiger partial charge in [-0.25, -0.2) is 9.97 Å². The first-order chi connectivity index (χ1) is 41.7. The van der Waals surface area contributed by atoms with E-state index in [0.717, 1.165) is 65.0 Å². The van der Waals surface area contributed by atoms with Crippen LogP contribution in [-0.2, 0) is 13.1 Å². The molecule has 4 aliphatic rings. The first-order valence-electron chi connectivity index (χ1n) is 28.8. The molecule has 0 radical (unpaired) electrons. The molecule has 0 unspecified atom stereocenters. The molecule has 2 saturated carbocycles. The summed E-state index contributed by atoms with van der Waals surface area (Å²) in [5, 5.41) is 26.9. The number of carbonyl (C=O) groups excluding carboxylic acids is 2. The minimum Gasteiger partial charge on any atom is -0.496 e. The van der Waals surface area contributed by atoms with E-state index in [-0.39, 0.29) is 60.9 Å². The molecule has 4 N–H and O–H groups in total. The van der Waals surface area contributed by atoms with Crippen molar-refractivity contribution in [2.75, 3.05) is 53.6 Å². The van der Waals surface area contributed by atoms with Gasteiger partial charge in [0.1, 0.15) is 56.9 Å². The molecule has 456 valence electrons. The number of aromatic nitrogens is 4. The Hall–Kier alpha value is -8.44. The average molecular weight is 1190 g/mol. The summed E-state index contributed by atoms with van der Waals surface area (Å²) in [5.41, 5.74) is 5.63. The molecule has 22 heteroatoms. The van der Waals surface area contributed by atoms with Crippen molar-refractivity contribution >= 4 is 23.1 Å². The Morgan fingerprint density at radius 1 is 0.570 bits per heavy atom. The number of methoxy groups -OCH3 is 2. The molecule has 86 heavy (non-hydrogen) atoms. The molecule has 4 fully saturated rings. The number of hydrogen-bond donors (Lipinski definition) is 4. The molecule has 18 nitrogen and oxygen atoms in total. The lowest BCUT2D eigenvalue weighted by atomic mass is 9.95. The number of benzene rings is 4. The van der Waals surface area contributed by atoms with Gasteiger partial charge in [0.05, 0.1) is 63.4 Å². The first-order valence-corrected chi connectivity index (χ1v) is 28.8. The zero-order chi connectivity index (χ0) is 59.8. The third-order valence-corrected chi connectivity index (χ3v) is 15.8. The third kappa shape index (κ3) is 14.6. The van der Waals surface area contributed by atoms with Crippen LogP contribution in [0.1, 0.15) is 73.2 Å². The van der Waals surface area contributed by atoms with Crippen LogP contribution < -0.4 is 39.1 Å². The van der Waals surface area contributed by atoms with E-state index in [1.807, 2.05) is 36.4 Å². The largest absolute Gasteiger partial charge is 0.496 e. The summed E-state index contributed by atoms with van der Waals surface area (Å²) < 4.78 is 89.6. The molecule has 2 aliphatic heterocycles. The Morgan fingerprint density at radius 3 is 1.34 bits per heavy atom. The average Bonchev–Trinajstić information content (AvgIpc) is 1.81. The summed E-state index contributed by atoms with van der Waals surface area (Å²) in [6.45, 7) is -0.770. The molecule has 2 saturated heterocycles. The van der Waals surface area contributed by atoms with Crippen molar-refractivity contribution in [3.8, 4) is 57.0 Å². The fourth-order valence-electron chi connectivity index (χ4n) is 11.0. The second-order valence-electron chi connectivity index (χ2n) is 22.1. The number of halogens is 4. The van der Waals surface area contributed by atoms with E-state index in [2.05, 4.69) is 54.7 Å². The Morgan fingerprint density at radius 2 is 0.965 bits per heavy atom. The second kappa shape index (κ2) is 26.9. The van der Waals surface area contributed by atoms with Gasteiger partial charge in [0.15, 0.2) is 0 Å². The SMILES string of the molecule is COc1cc(-c2cnc3cc(OC[C@@H]4CN(Cc5ccccc5)CC[C@H]4O)ccn23)cc(OC(F)F)c1C(=O)NC1CC1.COc1cc(-c2cnc3cc(OC[C@H]4CN(Cc5ccccc5)CC[C@@H]4O)ccn23)cc(OC(F)F)c1C(=O)NC1CC1.[HH].[HH]. The number of ether oxygens (including phenoxy) is 6. The topological polar surface area (TPSA) is 195 Å². The predicted molar refractivity (Wildman–Crippen MR) is 315 cm³/mol. The maximum Gasteiger partial charge on any atom is 0.387 e. The van der Waals surface area contributed by atoms with E-state index >= 15 is 0 Å². The molecule has 12 rings (SSSR count). The molecular weight excluding hydrogens is 1120 g/mol. The first kappa shape index (κ1) is 59.3. The normalized spacial score (nSPS) is 19.0. The number of piperidine rings is 2. The van der Waals surface area contributed by atoms with Gasteiger partial charge in [-0.1, -0.05) is 60.7 Å². The number of amides is 2. The maximum atomic E-state index is 13.4. The predicted octanol–water partition coefficient (Wildman–Crippen LogP) is 10.0. The van der Waals surface area contributed by atoms with E-state index in [4.69, 9.17) is 28.4 Å². The zero-order valence-electron chi connectivity index (χ0n) is 47.6. The number of fused-ring (bicyclic) bond motifs is 2. The summed E-state index contributed by atoms with van der Waals surface area (Å²) in [7, 11) is 2.75. The summed E-state index contributed by atoms with van der Waals surface area (Å²) in [4.78, 5) is 39.4. The van der Waals surface area contributed by atoms with Gasteiger partial charge in [-0.05, 0) is 86.1 Å². The number of rotatable bonds is 22. The number of alkyl halides is 4. The molecule has 4 aromatic heterocycles. The van der Waals surface area contributed by atoms with Crippen molar-refractivity contribution in [1.29, 1.82) is 0 Å². The maximum absolute atomic E-state index is 13.4. The number of hydrogen-bond acceptors (Lipinski definition) is 14. The van der Waals surface area contributed by atoms with Crippen molar-refractivity contribution < 1.29 is 68.6 Å². The fraction of sp³-hybridized carbons (Fsp3) is 0.375. The van der Waals surface area contributed by atoms with Crippen molar-refractivity contribution in [1.82, 2.24) is 39.2 Å². The lowest BCUT2D eigenvalue weighted by molar-refractivity contribution is -0.0509. The number of aliphatic hydroxyl groups is 2. The second-order valence-corrected chi connectivity index (χ2v) is 22.1. The number of nitrogens with one attached hydrogen (secondary N) is 2. The lowest BCUT2D eigenvalue weighted by Gasteiger charge is -2.36. The van der Waals surface area contributed by atoms with Gasteiger partial charge in [0.2, 0.25) is 0 Å². The molecule has 4 atom stereocenters. The summed E-state index contributed by atoms with van der Waals surface area (Å²) >= 11 is 0. The third-order valence-electron chi connectivity index (χ3n) is 15.8. The molecule has 2 amide bonds. The summed E-state index contributed by atoms with van der Waals surface area (Å²) in [5.74, 6) is -0.232. The van der Waals surface area contributed by atoms with Gasteiger partial charge in [-0.15, -0.1) is 0 Å². The highest BCUT2D eigenvalue weighted by molar-refractivity contribution is 6.02. The molecular formula is C64H72F4N8O10. The van der Waals surface area contributed by atoms with Crippen LogP contribution in [0.4, 0.5) is 17.6 Å². The zero-order valence-corrected chi connectivity index (χ0v) is 47.6. The minimum atomic E-state index is -3.12. The smallest absolute Gasteiger partial charge is 0.387 e. The summed E-state index contributed by atoms with van der Waals surface area (Å²) in [6.07, 6.45) is 10.6.